The van der Waals surface area contributed by atoms with Crippen LogP contribution in [0.15, 0.2) is 24.3 Å². The molecule has 2 unspecified atom stereocenters. The number of aliphatic hydroxyl groups excluding tert-OH is 1. The quantitative estimate of drug-likeness (QED) is 0.870. The van der Waals surface area contributed by atoms with Crippen molar-refractivity contribution < 1.29 is 5.11 Å². The first-order chi connectivity index (χ1) is 9.13. The highest BCUT2D eigenvalue weighted by atomic mass is 16.3. The lowest BCUT2D eigenvalue weighted by Gasteiger charge is -2.32. The first kappa shape index (κ1) is 13.9. The van der Waals surface area contributed by atoms with Gasteiger partial charge in [0.2, 0.25) is 0 Å². The van der Waals surface area contributed by atoms with Gasteiger partial charge in [-0.25, -0.2) is 0 Å². The minimum absolute atomic E-state index is 0.114. The van der Waals surface area contributed by atoms with Gasteiger partial charge in [-0.2, -0.15) is 5.26 Å². The molecule has 102 valence electrons. The summed E-state index contributed by atoms with van der Waals surface area (Å²) in [5.74, 6) is 0.553. The minimum atomic E-state index is 0.114. The van der Waals surface area contributed by atoms with Crippen LogP contribution < -0.4 is 4.90 Å². The molecule has 0 spiro atoms. The van der Waals surface area contributed by atoms with E-state index in [-0.39, 0.29) is 12.6 Å². The summed E-state index contributed by atoms with van der Waals surface area (Å²) < 4.78 is 0. The minimum Gasteiger partial charge on any atom is -0.394 e. The zero-order chi connectivity index (χ0) is 13.8. The smallest absolute Gasteiger partial charge is 0.0991 e. The molecule has 0 bridgehead atoms. The fourth-order valence-corrected chi connectivity index (χ4v) is 2.81. The number of hydrogen-bond donors (Lipinski definition) is 1. The molecule has 1 fully saturated rings. The first-order valence-corrected chi connectivity index (χ1v) is 6.70. The maximum atomic E-state index is 9.63. The number of rotatable bonds is 2. The number of hydrogen-bond acceptors (Lipinski definition) is 4. The Morgan fingerprint density at radius 1 is 1.26 bits per heavy atom. The average molecular weight is 259 g/mol. The van der Waals surface area contributed by atoms with E-state index in [0.717, 1.165) is 25.3 Å². The summed E-state index contributed by atoms with van der Waals surface area (Å²) in [6.45, 7) is 5.22. The van der Waals surface area contributed by atoms with Crippen LogP contribution in [0.25, 0.3) is 0 Å². The molecule has 1 aromatic carbocycles. The maximum absolute atomic E-state index is 9.63. The zero-order valence-corrected chi connectivity index (χ0v) is 11.6. The summed E-state index contributed by atoms with van der Waals surface area (Å²) in [6, 6.07) is 9.86. The SMILES string of the molecule is CC1CN(C)CC(CO)N(c2ccc(C#N)cc2)C1. The van der Waals surface area contributed by atoms with E-state index < -0.39 is 0 Å². The van der Waals surface area contributed by atoms with Crippen molar-refractivity contribution in [3.8, 4) is 6.07 Å². The van der Waals surface area contributed by atoms with Crippen LogP contribution in [-0.2, 0) is 0 Å². The average Bonchev–Trinajstić information content (AvgIpc) is 2.56. The van der Waals surface area contributed by atoms with Gasteiger partial charge in [0.25, 0.3) is 0 Å². The Kier molecular flexibility index (Phi) is 4.41. The molecule has 2 atom stereocenters. The lowest BCUT2D eigenvalue weighted by Crippen LogP contribution is -2.43. The number of nitrogens with zero attached hydrogens (tertiary/aromatic N) is 3. The van der Waals surface area contributed by atoms with Crippen LogP contribution in [0.2, 0.25) is 0 Å². The van der Waals surface area contributed by atoms with Crippen LogP contribution in [-0.4, -0.2) is 49.3 Å². The van der Waals surface area contributed by atoms with Crippen LogP contribution in [0.4, 0.5) is 5.69 Å². The predicted molar refractivity (Wildman–Crippen MR) is 76.0 cm³/mol. The van der Waals surface area contributed by atoms with Crippen molar-refractivity contribution in [1.82, 2.24) is 4.90 Å². The number of aliphatic hydroxyl groups is 1. The van der Waals surface area contributed by atoms with E-state index in [1.54, 1.807) is 0 Å². The van der Waals surface area contributed by atoms with Crippen molar-refractivity contribution in [2.45, 2.75) is 13.0 Å². The van der Waals surface area contributed by atoms with E-state index in [2.05, 4.69) is 29.8 Å². The van der Waals surface area contributed by atoms with E-state index in [1.807, 2.05) is 24.3 Å². The van der Waals surface area contributed by atoms with Crippen LogP contribution in [0.5, 0.6) is 0 Å². The van der Waals surface area contributed by atoms with Crippen LogP contribution in [0.3, 0.4) is 0 Å². The number of nitriles is 1. The zero-order valence-electron chi connectivity index (χ0n) is 11.6. The van der Waals surface area contributed by atoms with Gasteiger partial charge in [0.1, 0.15) is 0 Å². The Morgan fingerprint density at radius 2 is 1.95 bits per heavy atom. The molecule has 1 aromatic rings. The molecule has 1 aliphatic rings. The summed E-state index contributed by atoms with van der Waals surface area (Å²) in [7, 11) is 2.10. The summed E-state index contributed by atoms with van der Waals surface area (Å²) in [5, 5.41) is 18.5. The molecule has 1 N–H and O–H groups in total. The van der Waals surface area contributed by atoms with Gasteiger partial charge in [-0.3, -0.25) is 0 Å². The molecule has 0 radical (unpaired) electrons. The molecule has 0 aliphatic carbocycles. The van der Waals surface area contributed by atoms with E-state index >= 15 is 0 Å². The predicted octanol–water partition coefficient (Wildman–Crippen LogP) is 1.31. The highest BCUT2D eigenvalue weighted by Gasteiger charge is 2.26. The van der Waals surface area contributed by atoms with Crippen molar-refractivity contribution >= 4 is 5.69 Å². The number of benzene rings is 1. The monoisotopic (exact) mass is 259 g/mol. The number of likely N-dealkylation sites (N-methyl/N-ethyl adjacent to an activating group) is 1. The molecule has 0 aromatic heterocycles. The molecular formula is C15H21N3O. The number of anilines is 1. The van der Waals surface area contributed by atoms with Crippen LogP contribution in [0.1, 0.15) is 12.5 Å². The second-order valence-corrected chi connectivity index (χ2v) is 5.47. The molecule has 1 heterocycles. The van der Waals surface area contributed by atoms with Crippen LogP contribution in [0, 0.1) is 17.2 Å². The van der Waals surface area contributed by atoms with Gasteiger partial charge in [-0.1, -0.05) is 6.92 Å². The highest BCUT2D eigenvalue weighted by Crippen LogP contribution is 2.22. The molecule has 0 amide bonds. The van der Waals surface area contributed by atoms with Gasteiger partial charge in [0.05, 0.1) is 24.3 Å². The molecular weight excluding hydrogens is 238 g/mol. The summed E-state index contributed by atoms with van der Waals surface area (Å²) >= 11 is 0. The molecule has 19 heavy (non-hydrogen) atoms. The van der Waals surface area contributed by atoms with Crippen molar-refractivity contribution in [1.29, 1.82) is 5.26 Å². The Bertz CT molecular complexity index is 451. The normalized spacial score (nSPS) is 24.8. The lowest BCUT2D eigenvalue weighted by atomic mass is 10.1. The van der Waals surface area contributed by atoms with E-state index in [0.29, 0.717) is 11.5 Å². The third-order valence-corrected chi connectivity index (χ3v) is 3.63. The third-order valence-electron chi connectivity index (χ3n) is 3.63. The topological polar surface area (TPSA) is 50.5 Å². The highest BCUT2D eigenvalue weighted by molar-refractivity contribution is 5.51. The van der Waals surface area contributed by atoms with Crippen molar-refractivity contribution in [3.05, 3.63) is 29.8 Å². The first-order valence-electron chi connectivity index (χ1n) is 6.70. The second kappa shape index (κ2) is 6.05. The largest absolute Gasteiger partial charge is 0.394 e. The fraction of sp³-hybridized carbons (Fsp3) is 0.533. The molecule has 4 heteroatoms. The lowest BCUT2D eigenvalue weighted by molar-refractivity contribution is 0.226. The van der Waals surface area contributed by atoms with Crippen LogP contribution >= 0.6 is 0 Å². The van der Waals surface area contributed by atoms with Crippen molar-refractivity contribution in [2.24, 2.45) is 5.92 Å². The molecule has 1 saturated heterocycles. The van der Waals surface area contributed by atoms with E-state index in [9.17, 15) is 5.11 Å². The molecule has 2 rings (SSSR count). The maximum Gasteiger partial charge on any atom is 0.0991 e. The summed E-state index contributed by atoms with van der Waals surface area (Å²) in [6.07, 6.45) is 0. The summed E-state index contributed by atoms with van der Waals surface area (Å²) in [5.41, 5.74) is 1.75. The van der Waals surface area contributed by atoms with Gasteiger partial charge >= 0.3 is 0 Å². The van der Waals surface area contributed by atoms with Gasteiger partial charge in [0, 0.05) is 25.3 Å². The Balaban J connectivity index is 2.25. The third kappa shape index (κ3) is 3.25. The van der Waals surface area contributed by atoms with E-state index in [4.69, 9.17) is 5.26 Å². The van der Waals surface area contributed by atoms with Gasteiger partial charge in [0.15, 0.2) is 0 Å². The van der Waals surface area contributed by atoms with Crippen molar-refractivity contribution in [3.63, 3.8) is 0 Å². The standard InChI is InChI=1S/C15H21N3O/c1-12-8-17(2)10-15(11-19)18(9-12)14-5-3-13(7-16)4-6-14/h3-6,12,15,19H,8-11H2,1-2H3. The second-order valence-electron chi connectivity index (χ2n) is 5.47. The fourth-order valence-electron chi connectivity index (χ4n) is 2.81. The van der Waals surface area contributed by atoms with Crippen molar-refractivity contribution in [2.75, 3.05) is 38.2 Å². The Morgan fingerprint density at radius 3 is 2.53 bits per heavy atom. The Labute approximate surface area is 114 Å². The van der Waals surface area contributed by atoms with E-state index in [1.165, 1.54) is 0 Å². The summed E-state index contributed by atoms with van der Waals surface area (Å²) in [4.78, 5) is 4.53. The Hall–Kier alpha value is -1.57. The molecule has 4 nitrogen and oxygen atoms in total. The molecule has 0 saturated carbocycles. The van der Waals surface area contributed by atoms with Gasteiger partial charge in [-0.05, 0) is 37.2 Å². The van der Waals surface area contributed by atoms with Gasteiger partial charge in [-0.15, -0.1) is 0 Å². The molecule has 1 aliphatic heterocycles. The van der Waals surface area contributed by atoms with Gasteiger partial charge < -0.3 is 14.9 Å².